The lowest BCUT2D eigenvalue weighted by atomic mass is 10.1. The number of unbranched alkanes of at least 4 members (excludes halogenated alkanes) is 1. The Labute approximate surface area is 278 Å². The van der Waals surface area contributed by atoms with E-state index in [1.165, 1.54) is 11.0 Å². The number of benzene rings is 2. The molecule has 44 heavy (non-hydrogen) atoms. The Balaban J connectivity index is -0.00000420. The molecule has 2 aromatic rings. The van der Waals surface area contributed by atoms with Gasteiger partial charge in [0, 0.05) is 43.6 Å². The number of ether oxygens (including phenoxy) is 1. The highest BCUT2D eigenvalue weighted by molar-refractivity contribution is 7.89. The summed E-state index contributed by atoms with van der Waals surface area (Å²) < 4.78 is 35.1. The number of hydrogen-bond acceptors (Lipinski definition) is 8. The molecule has 0 bridgehead atoms. The van der Waals surface area contributed by atoms with Gasteiger partial charge < -0.3 is 31.5 Å². The molecule has 0 saturated heterocycles. The van der Waals surface area contributed by atoms with Crippen LogP contribution in [0.5, 0.6) is 0 Å². The van der Waals surface area contributed by atoms with Crippen molar-refractivity contribution < 1.29 is 28.2 Å². The van der Waals surface area contributed by atoms with Crippen LogP contribution in [0.2, 0.25) is 0 Å². The summed E-state index contributed by atoms with van der Waals surface area (Å²) in [6.45, 7) is 3.89. The Kier molecular flexibility index (Phi) is 22.5. The van der Waals surface area contributed by atoms with E-state index in [9.17, 15) is 18.0 Å². The van der Waals surface area contributed by atoms with Crippen molar-refractivity contribution in [1.82, 2.24) is 9.62 Å². The summed E-state index contributed by atoms with van der Waals surface area (Å²) in [5.41, 5.74) is 11.8. The van der Waals surface area contributed by atoms with Gasteiger partial charge in [-0.05, 0) is 38.3 Å². The number of aliphatic imine (C=N–C) groups is 1. The van der Waals surface area contributed by atoms with E-state index >= 15 is 0 Å². The number of amides is 1. The molecule has 1 amide bonds. The highest BCUT2D eigenvalue weighted by atomic mass is 35.5. The number of nitrogens with one attached hydrogen (secondary N) is 2. The quantitative estimate of drug-likeness (QED) is 0.0932. The van der Waals surface area contributed by atoms with E-state index in [2.05, 4.69) is 9.71 Å². The molecule has 2 aromatic carbocycles. The minimum atomic E-state index is -4.18. The average molecular weight is 703 g/mol. The molecule has 0 fully saturated rings. The fourth-order valence-corrected chi connectivity index (χ4v) is 5.60. The van der Waals surface area contributed by atoms with Crippen molar-refractivity contribution in [2.75, 3.05) is 45.2 Å². The molecule has 13 nitrogen and oxygen atoms in total. The third-order valence-corrected chi connectivity index (χ3v) is 7.68. The molecule has 0 heterocycles. The van der Waals surface area contributed by atoms with Crippen molar-refractivity contribution in [1.29, 1.82) is 5.41 Å². The SMILES string of the molecule is CCCCN(CC(=O)OCC)C(=O)C(CCCN=C(N)C(=N)N)NS(=O)(=O)c1cccc2c(N(C)C)cccc12.Cl.Cl.Cl.O. The van der Waals surface area contributed by atoms with Gasteiger partial charge in [-0.3, -0.25) is 20.0 Å². The molecule has 0 aliphatic heterocycles. The minimum Gasteiger partial charge on any atom is -0.465 e. The Morgan fingerprint density at radius 3 is 2.20 bits per heavy atom. The first kappa shape index (κ1) is 45.5. The summed E-state index contributed by atoms with van der Waals surface area (Å²) in [7, 11) is -0.433. The van der Waals surface area contributed by atoms with Crippen LogP contribution in [0, 0.1) is 5.41 Å². The maximum absolute atomic E-state index is 13.8. The van der Waals surface area contributed by atoms with E-state index < -0.39 is 27.9 Å². The molecule has 8 N–H and O–H groups in total. The Hall–Kier alpha value is -2.88. The third-order valence-electron chi connectivity index (χ3n) is 6.15. The molecule has 0 aliphatic carbocycles. The van der Waals surface area contributed by atoms with Gasteiger partial charge in [-0.2, -0.15) is 4.72 Å². The lowest BCUT2D eigenvalue weighted by Crippen LogP contribution is -2.50. The molecule has 2 rings (SSSR count). The van der Waals surface area contributed by atoms with Crippen LogP contribution in [0.4, 0.5) is 5.69 Å². The number of carbonyl (C=O) groups excluding carboxylic acids is 2. The molecular formula is C27H46Cl3N7O6S. The Bertz CT molecular complexity index is 1350. The van der Waals surface area contributed by atoms with Crippen LogP contribution in [-0.4, -0.2) is 88.7 Å². The van der Waals surface area contributed by atoms with Crippen molar-refractivity contribution in [3.05, 3.63) is 36.4 Å². The first-order valence-electron chi connectivity index (χ1n) is 13.2. The van der Waals surface area contributed by atoms with Crippen LogP contribution in [0.15, 0.2) is 46.3 Å². The number of halogens is 3. The maximum Gasteiger partial charge on any atom is 0.325 e. The van der Waals surface area contributed by atoms with E-state index in [-0.39, 0.29) is 98.3 Å². The second-order valence-electron chi connectivity index (χ2n) is 9.44. The van der Waals surface area contributed by atoms with Crippen molar-refractivity contribution >= 4 is 87.3 Å². The van der Waals surface area contributed by atoms with Crippen molar-refractivity contribution in [3.8, 4) is 0 Å². The van der Waals surface area contributed by atoms with Gasteiger partial charge >= 0.3 is 5.97 Å². The van der Waals surface area contributed by atoms with Crippen LogP contribution in [0.1, 0.15) is 39.5 Å². The molecular weight excluding hydrogens is 657 g/mol. The monoisotopic (exact) mass is 701 g/mol. The summed E-state index contributed by atoms with van der Waals surface area (Å²) in [5, 5.41) is 8.62. The molecule has 0 aliphatic rings. The first-order valence-corrected chi connectivity index (χ1v) is 14.7. The maximum atomic E-state index is 13.8. The highest BCUT2D eigenvalue weighted by Crippen LogP contribution is 2.30. The van der Waals surface area contributed by atoms with E-state index in [4.69, 9.17) is 21.6 Å². The second-order valence-corrected chi connectivity index (χ2v) is 11.1. The number of carbonyl (C=O) groups is 2. The van der Waals surface area contributed by atoms with Crippen molar-refractivity contribution in [2.45, 2.75) is 50.5 Å². The number of hydrogen-bond donors (Lipinski definition) is 4. The largest absolute Gasteiger partial charge is 0.465 e. The summed E-state index contributed by atoms with van der Waals surface area (Å²) in [6, 6.07) is 9.22. The Morgan fingerprint density at radius 1 is 1.02 bits per heavy atom. The van der Waals surface area contributed by atoms with Crippen molar-refractivity contribution in [2.24, 2.45) is 16.5 Å². The summed E-state index contributed by atoms with van der Waals surface area (Å²) in [5.74, 6) is -1.62. The van der Waals surface area contributed by atoms with E-state index in [1.807, 2.05) is 38.1 Å². The number of sulfonamides is 1. The smallest absolute Gasteiger partial charge is 0.325 e. The van der Waals surface area contributed by atoms with Crippen LogP contribution in [0.25, 0.3) is 10.8 Å². The molecule has 17 heteroatoms. The molecule has 0 aromatic heterocycles. The zero-order valence-electron chi connectivity index (χ0n) is 25.4. The predicted octanol–water partition coefficient (Wildman–Crippen LogP) is 2.26. The number of esters is 1. The number of rotatable bonds is 15. The lowest BCUT2D eigenvalue weighted by molar-refractivity contribution is -0.149. The van der Waals surface area contributed by atoms with Gasteiger partial charge in [0.1, 0.15) is 12.6 Å². The Morgan fingerprint density at radius 2 is 1.64 bits per heavy atom. The van der Waals surface area contributed by atoms with Crippen LogP contribution >= 0.6 is 37.2 Å². The van der Waals surface area contributed by atoms with E-state index in [0.29, 0.717) is 11.8 Å². The van der Waals surface area contributed by atoms with E-state index in [0.717, 1.165) is 17.5 Å². The van der Waals surface area contributed by atoms with Crippen LogP contribution in [0.3, 0.4) is 0 Å². The van der Waals surface area contributed by atoms with Gasteiger partial charge in [0.05, 0.1) is 11.5 Å². The fraction of sp³-hybridized carbons (Fsp3) is 0.481. The van der Waals surface area contributed by atoms with Gasteiger partial charge in [-0.15, -0.1) is 37.2 Å². The van der Waals surface area contributed by atoms with Gasteiger partial charge in [-0.25, -0.2) is 8.42 Å². The predicted molar refractivity (Wildman–Crippen MR) is 184 cm³/mol. The molecule has 0 spiro atoms. The minimum absolute atomic E-state index is 0. The summed E-state index contributed by atoms with van der Waals surface area (Å²) >= 11 is 0. The second kappa shape index (κ2) is 21.8. The number of anilines is 1. The number of amidine groups is 2. The molecule has 1 atom stereocenters. The molecule has 0 radical (unpaired) electrons. The van der Waals surface area contributed by atoms with Gasteiger partial charge in [-0.1, -0.05) is 37.6 Å². The summed E-state index contributed by atoms with van der Waals surface area (Å²) in [6.07, 6.45) is 1.74. The highest BCUT2D eigenvalue weighted by Gasteiger charge is 2.31. The number of nitrogens with two attached hydrogens (primary N) is 2. The normalized spacial score (nSPS) is 11.5. The van der Waals surface area contributed by atoms with Crippen LogP contribution < -0.4 is 21.1 Å². The topological polar surface area (TPSA) is 216 Å². The zero-order chi connectivity index (χ0) is 29.9. The summed E-state index contributed by atoms with van der Waals surface area (Å²) in [4.78, 5) is 33.2. The van der Waals surface area contributed by atoms with Crippen molar-refractivity contribution in [3.63, 3.8) is 0 Å². The van der Waals surface area contributed by atoms with Gasteiger partial charge in [0.25, 0.3) is 0 Å². The fourth-order valence-electron chi connectivity index (χ4n) is 4.15. The molecule has 252 valence electrons. The van der Waals surface area contributed by atoms with Crippen LogP contribution in [-0.2, 0) is 24.3 Å². The standard InChI is InChI=1S/C27H41N7O5S.3ClH.H2O/c1-5-7-17-34(18-24(35)39-6-2)27(36)21(13-10-16-31-26(30)25(28)29)32-40(37,38)23-15-9-11-19-20(23)12-8-14-22(19)33(3)4;;;;/h8-9,11-12,14-15,21,32H,5-7,10,13,16-18H2,1-4H3,(H3,28,29)(H2,30,31);3*1H;1H2. The first-order chi connectivity index (χ1) is 18.9. The van der Waals surface area contributed by atoms with E-state index in [1.54, 1.807) is 25.1 Å². The molecule has 1 unspecified atom stereocenters. The number of nitrogens with zero attached hydrogens (tertiary/aromatic N) is 3. The molecule has 0 saturated carbocycles. The third kappa shape index (κ3) is 13.0. The zero-order valence-corrected chi connectivity index (χ0v) is 28.6. The van der Waals surface area contributed by atoms with Gasteiger partial charge in [0.15, 0.2) is 11.7 Å². The average Bonchev–Trinajstić information content (AvgIpc) is 2.91. The lowest BCUT2D eigenvalue weighted by Gasteiger charge is -2.27. The number of fused-ring (bicyclic) bond motifs is 1. The van der Waals surface area contributed by atoms with Gasteiger partial charge in [0.2, 0.25) is 15.9 Å².